The SMILES string of the molecule is Cn1c(-c2ccc(NC(=O)c3cc(Cl)c[nH]3)cc2)nc2ccccc21. The number of aromatic nitrogens is 3. The number of nitrogens with zero attached hydrogens (tertiary/aromatic N) is 2. The number of nitrogens with one attached hydrogen (secondary N) is 2. The average molecular weight is 351 g/mol. The third-order valence-corrected chi connectivity index (χ3v) is 4.30. The van der Waals surface area contributed by atoms with Crippen LogP contribution in [0.2, 0.25) is 5.02 Å². The van der Waals surface area contributed by atoms with Crippen LogP contribution >= 0.6 is 11.6 Å². The number of benzene rings is 2. The Labute approximate surface area is 149 Å². The molecule has 0 saturated heterocycles. The van der Waals surface area contributed by atoms with Crippen LogP contribution in [0, 0.1) is 0 Å². The van der Waals surface area contributed by atoms with Crippen LogP contribution in [0.15, 0.2) is 60.8 Å². The lowest BCUT2D eigenvalue weighted by Crippen LogP contribution is -2.12. The van der Waals surface area contributed by atoms with Gasteiger partial charge >= 0.3 is 0 Å². The number of aryl methyl sites for hydroxylation is 1. The zero-order valence-electron chi connectivity index (χ0n) is 13.5. The summed E-state index contributed by atoms with van der Waals surface area (Å²) < 4.78 is 2.06. The predicted octanol–water partition coefficient (Wildman–Crippen LogP) is 4.47. The van der Waals surface area contributed by atoms with Crippen molar-refractivity contribution in [2.24, 2.45) is 7.05 Å². The molecule has 4 aromatic rings. The Hall–Kier alpha value is -3.05. The molecule has 0 bridgehead atoms. The van der Waals surface area contributed by atoms with Crippen LogP contribution in [0.3, 0.4) is 0 Å². The Bertz CT molecular complexity index is 1060. The summed E-state index contributed by atoms with van der Waals surface area (Å²) in [6, 6.07) is 17.2. The summed E-state index contributed by atoms with van der Waals surface area (Å²) in [6.07, 6.45) is 1.57. The molecular weight excluding hydrogens is 336 g/mol. The Balaban J connectivity index is 1.59. The van der Waals surface area contributed by atoms with Gasteiger partial charge in [0.1, 0.15) is 11.5 Å². The van der Waals surface area contributed by atoms with E-state index in [0.29, 0.717) is 16.4 Å². The van der Waals surface area contributed by atoms with E-state index >= 15 is 0 Å². The van der Waals surface area contributed by atoms with Crippen molar-refractivity contribution in [3.63, 3.8) is 0 Å². The zero-order chi connectivity index (χ0) is 17.4. The molecule has 2 N–H and O–H groups in total. The number of fused-ring (bicyclic) bond motifs is 1. The fourth-order valence-electron chi connectivity index (χ4n) is 2.80. The fraction of sp³-hybridized carbons (Fsp3) is 0.0526. The van der Waals surface area contributed by atoms with Crippen LogP contribution in [-0.2, 0) is 7.05 Å². The van der Waals surface area contributed by atoms with Gasteiger partial charge in [-0.1, -0.05) is 23.7 Å². The maximum Gasteiger partial charge on any atom is 0.272 e. The van der Waals surface area contributed by atoms with Crippen molar-refractivity contribution in [3.8, 4) is 11.4 Å². The van der Waals surface area contributed by atoms with E-state index in [1.54, 1.807) is 12.3 Å². The quantitative estimate of drug-likeness (QED) is 0.572. The number of rotatable bonds is 3. The van der Waals surface area contributed by atoms with E-state index in [0.717, 1.165) is 22.4 Å². The summed E-state index contributed by atoms with van der Waals surface area (Å²) in [5.74, 6) is 0.651. The van der Waals surface area contributed by atoms with Gasteiger partial charge < -0.3 is 14.9 Å². The maximum atomic E-state index is 12.1. The van der Waals surface area contributed by atoms with Crippen LogP contribution in [0.5, 0.6) is 0 Å². The standard InChI is InChI=1S/C19H15ClN4O/c1-24-17-5-3-2-4-15(17)23-18(24)12-6-8-14(9-7-12)22-19(25)16-10-13(20)11-21-16/h2-11,21H,1H3,(H,22,25). The molecule has 0 atom stereocenters. The minimum Gasteiger partial charge on any atom is -0.356 e. The van der Waals surface area contributed by atoms with Gasteiger partial charge in [-0.2, -0.15) is 0 Å². The minimum atomic E-state index is -0.234. The number of carbonyl (C=O) groups is 1. The third kappa shape index (κ3) is 2.90. The summed E-state index contributed by atoms with van der Waals surface area (Å²) in [4.78, 5) is 19.6. The Morgan fingerprint density at radius 1 is 1.16 bits per heavy atom. The summed E-state index contributed by atoms with van der Waals surface area (Å²) >= 11 is 5.82. The summed E-state index contributed by atoms with van der Waals surface area (Å²) in [5.41, 5.74) is 4.15. The number of hydrogen-bond acceptors (Lipinski definition) is 2. The van der Waals surface area contributed by atoms with Crippen molar-refractivity contribution in [2.75, 3.05) is 5.32 Å². The van der Waals surface area contributed by atoms with Crippen LogP contribution in [0.4, 0.5) is 5.69 Å². The molecule has 0 aliphatic rings. The second kappa shape index (κ2) is 6.11. The summed E-state index contributed by atoms with van der Waals surface area (Å²) in [6.45, 7) is 0. The van der Waals surface area contributed by atoms with Crippen molar-refractivity contribution >= 4 is 34.2 Å². The summed E-state index contributed by atoms with van der Waals surface area (Å²) in [7, 11) is 2.00. The van der Waals surface area contributed by atoms with Gasteiger partial charge in [-0.05, 0) is 42.5 Å². The molecule has 2 aromatic heterocycles. The van der Waals surface area contributed by atoms with Gasteiger partial charge in [0, 0.05) is 24.5 Å². The van der Waals surface area contributed by atoms with E-state index < -0.39 is 0 Å². The van der Waals surface area contributed by atoms with Gasteiger partial charge in [0.15, 0.2) is 0 Å². The highest BCUT2D eigenvalue weighted by molar-refractivity contribution is 6.31. The van der Waals surface area contributed by atoms with E-state index in [1.807, 2.05) is 55.6 Å². The molecule has 25 heavy (non-hydrogen) atoms. The van der Waals surface area contributed by atoms with E-state index in [4.69, 9.17) is 11.6 Å². The predicted molar refractivity (Wildman–Crippen MR) is 99.9 cm³/mol. The number of anilines is 1. The van der Waals surface area contributed by atoms with Gasteiger partial charge in [-0.25, -0.2) is 4.98 Å². The lowest BCUT2D eigenvalue weighted by Gasteiger charge is -2.06. The lowest BCUT2D eigenvalue weighted by atomic mass is 10.2. The second-order valence-corrected chi connectivity index (χ2v) is 6.18. The van der Waals surface area contributed by atoms with E-state index in [9.17, 15) is 4.79 Å². The van der Waals surface area contributed by atoms with Gasteiger partial charge in [0.05, 0.1) is 16.1 Å². The van der Waals surface area contributed by atoms with E-state index in [2.05, 4.69) is 19.9 Å². The molecule has 4 rings (SSSR count). The molecular formula is C19H15ClN4O. The minimum absolute atomic E-state index is 0.234. The largest absolute Gasteiger partial charge is 0.356 e. The van der Waals surface area contributed by atoms with Gasteiger partial charge in [-0.15, -0.1) is 0 Å². The molecule has 124 valence electrons. The number of aromatic amines is 1. The second-order valence-electron chi connectivity index (χ2n) is 5.75. The molecule has 0 aliphatic carbocycles. The molecule has 0 aliphatic heterocycles. The smallest absolute Gasteiger partial charge is 0.272 e. The molecule has 1 amide bonds. The van der Waals surface area contributed by atoms with Crippen LogP contribution < -0.4 is 5.32 Å². The molecule has 0 fully saturated rings. The first-order chi connectivity index (χ1) is 12.1. The lowest BCUT2D eigenvalue weighted by molar-refractivity contribution is 0.102. The number of carbonyl (C=O) groups excluding carboxylic acids is 1. The van der Waals surface area contributed by atoms with Gasteiger partial charge in [-0.3, -0.25) is 4.79 Å². The zero-order valence-corrected chi connectivity index (χ0v) is 14.2. The normalized spacial score (nSPS) is 11.0. The van der Waals surface area contributed by atoms with Crippen molar-refractivity contribution in [2.45, 2.75) is 0 Å². The monoisotopic (exact) mass is 350 g/mol. The van der Waals surface area contributed by atoms with Gasteiger partial charge in [0.25, 0.3) is 5.91 Å². The number of H-pyrrole nitrogens is 1. The number of para-hydroxylation sites is 2. The first-order valence-electron chi connectivity index (χ1n) is 7.79. The van der Waals surface area contributed by atoms with Gasteiger partial charge in [0.2, 0.25) is 0 Å². The third-order valence-electron chi connectivity index (χ3n) is 4.08. The number of imidazole rings is 1. The Kier molecular flexibility index (Phi) is 3.78. The highest BCUT2D eigenvalue weighted by Gasteiger charge is 2.11. The molecule has 0 spiro atoms. The molecule has 2 aromatic carbocycles. The van der Waals surface area contributed by atoms with Crippen molar-refractivity contribution < 1.29 is 4.79 Å². The highest BCUT2D eigenvalue weighted by atomic mass is 35.5. The van der Waals surface area contributed by atoms with Crippen molar-refractivity contribution in [3.05, 3.63) is 71.5 Å². The molecule has 0 radical (unpaired) electrons. The molecule has 0 saturated carbocycles. The summed E-state index contributed by atoms with van der Waals surface area (Å²) in [5, 5.41) is 3.34. The van der Waals surface area contributed by atoms with E-state index in [-0.39, 0.29) is 5.91 Å². The molecule has 0 unspecified atom stereocenters. The number of amides is 1. The average Bonchev–Trinajstić information content (AvgIpc) is 3.20. The first-order valence-corrected chi connectivity index (χ1v) is 8.17. The highest BCUT2D eigenvalue weighted by Crippen LogP contribution is 2.25. The van der Waals surface area contributed by atoms with Crippen molar-refractivity contribution in [1.82, 2.24) is 14.5 Å². The Morgan fingerprint density at radius 3 is 2.60 bits per heavy atom. The molecule has 6 heteroatoms. The van der Waals surface area contributed by atoms with Crippen LogP contribution in [0.1, 0.15) is 10.5 Å². The van der Waals surface area contributed by atoms with Crippen LogP contribution in [0.25, 0.3) is 22.4 Å². The maximum absolute atomic E-state index is 12.1. The number of halogens is 1. The fourth-order valence-corrected chi connectivity index (χ4v) is 2.97. The topological polar surface area (TPSA) is 62.7 Å². The molecule has 2 heterocycles. The van der Waals surface area contributed by atoms with Crippen molar-refractivity contribution in [1.29, 1.82) is 0 Å². The van der Waals surface area contributed by atoms with E-state index in [1.165, 1.54) is 0 Å². The number of hydrogen-bond donors (Lipinski definition) is 2. The first kappa shape index (κ1) is 15.5. The Morgan fingerprint density at radius 2 is 1.92 bits per heavy atom. The van der Waals surface area contributed by atoms with Crippen LogP contribution in [-0.4, -0.2) is 20.4 Å². The molecule has 5 nitrogen and oxygen atoms in total.